The third-order valence-corrected chi connectivity index (χ3v) is 7.41. The molecule has 3 aromatic carbocycles. The number of pyridine rings is 1. The SMILES string of the molecule is CC(C)(C)c1ccc(-c2nccc3c2C(C)(C)c2cc4ccc(C(C)(C)C)cc4cc2-3)cc1. The Labute approximate surface area is 198 Å². The Morgan fingerprint density at radius 3 is 1.91 bits per heavy atom. The molecule has 0 amide bonds. The molecule has 4 aromatic rings. The van der Waals surface area contributed by atoms with Gasteiger partial charge in [0, 0.05) is 17.2 Å². The van der Waals surface area contributed by atoms with Crippen LogP contribution < -0.4 is 0 Å². The Hall–Kier alpha value is -2.93. The first kappa shape index (κ1) is 21.9. The average Bonchev–Trinajstić information content (AvgIpc) is 2.97. The van der Waals surface area contributed by atoms with E-state index in [0.29, 0.717) is 0 Å². The number of hydrogen-bond donors (Lipinski definition) is 0. The third kappa shape index (κ3) is 3.50. The molecule has 1 nitrogen and oxygen atoms in total. The van der Waals surface area contributed by atoms with E-state index in [1.165, 1.54) is 49.7 Å². The van der Waals surface area contributed by atoms with Crippen LogP contribution in [0.3, 0.4) is 0 Å². The molecule has 0 atom stereocenters. The van der Waals surface area contributed by atoms with Crippen LogP contribution in [0.5, 0.6) is 0 Å². The van der Waals surface area contributed by atoms with Crippen LogP contribution in [-0.4, -0.2) is 4.98 Å². The van der Waals surface area contributed by atoms with Gasteiger partial charge in [-0.15, -0.1) is 0 Å². The highest BCUT2D eigenvalue weighted by molar-refractivity contribution is 5.95. The van der Waals surface area contributed by atoms with Gasteiger partial charge < -0.3 is 0 Å². The zero-order valence-corrected chi connectivity index (χ0v) is 21.3. The van der Waals surface area contributed by atoms with Crippen molar-refractivity contribution in [2.75, 3.05) is 0 Å². The van der Waals surface area contributed by atoms with Gasteiger partial charge in [0.1, 0.15) is 0 Å². The van der Waals surface area contributed by atoms with Crippen LogP contribution in [0.25, 0.3) is 33.2 Å². The molecule has 0 N–H and O–H groups in total. The molecule has 0 bridgehead atoms. The molecule has 0 radical (unpaired) electrons. The van der Waals surface area contributed by atoms with Crippen LogP contribution in [0.1, 0.15) is 77.6 Å². The maximum atomic E-state index is 4.91. The van der Waals surface area contributed by atoms with Crippen LogP contribution in [0.4, 0.5) is 0 Å². The van der Waals surface area contributed by atoms with Crippen LogP contribution in [-0.2, 0) is 16.2 Å². The van der Waals surface area contributed by atoms with E-state index in [1.807, 2.05) is 6.20 Å². The van der Waals surface area contributed by atoms with E-state index in [4.69, 9.17) is 4.98 Å². The molecule has 5 rings (SSSR count). The van der Waals surface area contributed by atoms with Gasteiger partial charge in [0.2, 0.25) is 0 Å². The summed E-state index contributed by atoms with van der Waals surface area (Å²) < 4.78 is 0. The Kier molecular flexibility index (Phi) is 4.67. The first-order valence-electron chi connectivity index (χ1n) is 12.1. The van der Waals surface area contributed by atoms with Crippen LogP contribution in [0.15, 0.2) is 66.9 Å². The molecule has 0 fully saturated rings. The van der Waals surface area contributed by atoms with Gasteiger partial charge in [-0.1, -0.05) is 97.9 Å². The number of hydrogen-bond acceptors (Lipinski definition) is 1. The van der Waals surface area contributed by atoms with E-state index < -0.39 is 0 Å². The van der Waals surface area contributed by atoms with E-state index in [0.717, 1.165) is 5.69 Å². The summed E-state index contributed by atoms with van der Waals surface area (Å²) >= 11 is 0. The van der Waals surface area contributed by atoms with Crippen molar-refractivity contribution in [1.29, 1.82) is 0 Å². The fourth-order valence-corrected chi connectivity index (χ4v) is 5.30. The van der Waals surface area contributed by atoms with E-state index in [9.17, 15) is 0 Å². The molecule has 0 saturated carbocycles. The van der Waals surface area contributed by atoms with E-state index >= 15 is 0 Å². The fourth-order valence-electron chi connectivity index (χ4n) is 5.30. The predicted molar refractivity (Wildman–Crippen MR) is 142 cm³/mol. The Morgan fingerprint density at radius 1 is 0.636 bits per heavy atom. The normalized spacial score (nSPS) is 14.9. The summed E-state index contributed by atoms with van der Waals surface area (Å²) in [6, 6.07) is 23.0. The van der Waals surface area contributed by atoms with Gasteiger partial charge in [-0.05, 0) is 73.2 Å². The summed E-state index contributed by atoms with van der Waals surface area (Å²) in [6.07, 6.45) is 1.98. The van der Waals surface area contributed by atoms with Gasteiger partial charge in [-0.25, -0.2) is 0 Å². The molecule has 1 aliphatic carbocycles. The van der Waals surface area contributed by atoms with Gasteiger partial charge in [0.05, 0.1) is 5.69 Å². The van der Waals surface area contributed by atoms with Crippen molar-refractivity contribution < 1.29 is 0 Å². The Bertz CT molecular complexity index is 1370. The first-order valence-corrected chi connectivity index (χ1v) is 12.1. The molecule has 1 heterocycles. The zero-order chi connectivity index (χ0) is 23.8. The molecule has 1 aromatic heterocycles. The molecular formula is C32H35N. The Morgan fingerprint density at radius 2 is 1.27 bits per heavy atom. The number of fused-ring (bicyclic) bond motifs is 4. The lowest BCUT2D eigenvalue weighted by Crippen LogP contribution is -2.17. The predicted octanol–water partition coefficient (Wildman–Crippen LogP) is 8.80. The lowest BCUT2D eigenvalue weighted by Gasteiger charge is -2.25. The summed E-state index contributed by atoms with van der Waals surface area (Å²) in [7, 11) is 0. The average molecular weight is 434 g/mol. The van der Waals surface area contributed by atoms with Crippen molar-refractivity contribution in [3.8, 4) is 22.4 Å². The van der Waals surface area contributed by atoms with Crippen molar-refractivity contribution in [2.45, 2.75) is 71.6 Å². The largest absolute Gasteiger partial charge is 0.256 e. The third-order valence-electron chi connectivity index (χ3n) is 7.41. The van der Waals surface area contributed by atoms with Crippen LogP contribution >= 0.6 is 0 Å². The smallest absolute Gasteiger partial charge is 0.0748 e. The minimum absolute atomic E-state index is 0.103. The van der Waals surface area contributed by atoms with E-state index in [-0.39, 0.29) is 16.2 Å². The highest BCUT2D eigenvalue weighted by Crippen LogP contribution is 2.52. The lowest BCUT2D eigenvalue weighted by atomic mass is 9.79. The van der Waals surface area contributed by atoms with Gasteiger partial charge in [0.15, 0.2) is 0 Å². The molecule has 33 heavy (non-hydrogen) atoms. The maximum absolute atomic E-state index is 4.91. The van der Waals surface area contributed by atoms with Crippen molar-refractivity contribution in [3.05, 3.63) is 89.1 Å². The minimum atomic E-state index is -0.103. The van der Waals surface area contributed by atoms with Gasteiger partial charge in [0.25, 0.3) is 0 Å². The molecule has 1 aliphatic rings. The van der Waals surface area contributed by atoms with Crippen LogP contribution in [0.2, 0.25) is 0 Å². The quantitative estimate of drug-likeness (QED) is 0.292. The summed E-state index contributed by atoms with van der Waals surface area (Å²) in [5.41, 5.74) is 10.6. The van der Waals surface area contributed by atoms with Crippen molar-refractivity contribution >= 4 is 10.8 Å². The topological polar surface area (TPSA) is 12.9 Å². The second kappa shape index (κ2) is 7.03. The summed E-state index contributed by atoms with van der Waals surface area (Å²) in [5, 5.41) is 2.63. The monoisotopic (exact) mass is 433 g/mol. The molecular weight excluding hydrogens is 398 g/mol. The second-order valence-electron chi connectivity index (χ2n) is 12.2. The van der Waals surface area contributed by atoms with Gasteiger partial charge >= 0.3 is 0 Å². The zero-order valence-electron chi connectivity index (χ0n) is 21.3. The fraction of sp³-hybridized carbons (Fsp3) is 0.344. The number of nitrogens with zero attached hydrogens (tertiary/aromatic N) is 1. The molecule has 1 heteroatoms. The summed E-state index contributed by atoms with van der Waals surface area (Å²) in [5.74, 6) is 0. The number of benzene rings is 3. The summed E-state index contributed by atoms with van der Waals surface area (Å²) in [6.45, 7) is 18.3. The number of aromatic nitrogens is 1. The highest BCUT2D eigenvalue weighted by Gasteiger charge is 2.38. The minimum Gasteiger partial charge on any atom is -0.256 e. The Balaban J connectivity index is 1.70. The highest BCUT2D eigenvalue weighted by atomic mass is 14.7. The van der Waals surface area contributed by atoms with Gasteiger partial charge in [-0.3, -0.25) is 4.98 Å². The maximum Gasteiger partial charge on any atom is 0.0748 e. The van der Waals surface area contributed by atoms with Gasteiger partial charge in [-0.2, -0.15) is 0 Å². The molecule has 0 unspecified atom stereocenters. The van der Waals surface area contributed by atoms with Crippen molar-refractivity contribution in [2.24, 2.45) is 0 Å². The lowest BCUT2D eigenvalue weighted by molar-refractivity contribution is 0.590. The summed E-state index contributed by atoms with van der Waals surface area (Å²) in [4.78, 5) is 4.91. The molecule has 0 aliphatic heterocycles. The number of rotatable bonds is 1. The molecule has 0 spiro atoms. The molecule has 168 valence electrons. The van der Waals surface area contributed by atoms with Crippen molar-refractivity contribution in [3.63, 3.8) is 0 Å². The second-order valence-corrected chi connectivity index (χ2v) is 12.2. The van der Waals surface area contributed by atoms with E-state index in [1.54, 1.807) is 0 Å². The molecule has 0 saturated heterocycles. The first-order chi connectivity index (χ1) is 15.4. The standard InChI is InChI=1S/C32H35N/c1-30(2,3)23-12-9-20(10-13-23)29-28-25(15-16-33-29)26-18-22-17-24(31(4,5)6)14-11-21(22)19-27(26)32(28,7)8/h9-19H,1-8H3. The van der Waals surface area contributed by atoms with Crippen LogP contribution in [0, 0.1) is 0 Å². The van der Waals surface area contributed by atoms with Crippen molar-refractivity contribution in [1.82, 2.24) is 4.98 Å². The van der Waals surface area contributed by atoms with E-state index in [2.05, 4.69) is 116 Å².